The number of hydrogen-bond acceptors (Lipinski definition) is 3. The lowest BCUT2D eigenvalue weighted by Gasteiger charge is -2.37. The molecule has 1 aromatic heterocycles. The van der Waals surface area contributed by atoms with E-state index in [0.717, 1.165) is 16.7 Å². The van der Waals surface area contributed by atoms with Crippen LogP contribution in [0.1, 0.15) is 22.4 Å². The van der Waals surface area contributed by atoms with Crippen molar-refractivity contribution in [2.75, 3.05) is 6.54 Å². The van der Waals surface area contributed by atoms with Crippen LogP contribution in [-0.2, 0) is 12.0 Å². The van der Waals surface area contributed by atoms with E-state index in [1.54, 1.807) is 6.20 Å². The van der Waals surface area contributed by atoms with Crippen LogP contribution in [0.25, 0.3) is 0 Å². The molecule has 30 heavy (non-hydrogen) atoms. The van der Waals surface area contributed by atoms with Gasteiger partial charge in [0.1, 0.15) is 5.54 Å². The summed E-state index contributed by atoms with van der Waals surface area (Å²) in [5.74, 6) is 0. The van der Waals surface area contributed by atoms with Gasteiger partial charge in [0.05, 0.1) is 12.1 Å². The van der Waals surface area contributed by atoms with Gasteiger partial charge in [0, 0.05) is 11.1 Å². The lowest BCUT2D eigenvalue weighted by Crippen LogP contribution is -2.38. The summed E-state index contributed by atoms with van der Waals surface area (Å²) >= 11 is 0. The minimum atomic E-state index is -1.02. The second kappa shape index (κ2) is 8.29. The predicted octanol–water partition coefficient (Wildman–Crippen LogP) is 4.68. The summed E-state index contributed by atoms with van der Waals surface area (Å²) < 4.78 is 16.9. The first-order valence-electron chi connectivity index (χ1n) is 9.65. The van der Waals surface area contributed by atoms with E-state index in [4.69, 9.17) is 0 Å². The van der Waals surface area contributed by atoms with Gasteiger partial charge in [-0.3, -0.25) is 14.7 Å². The number of hydrogen-bond donors (Lipinski definition) is 0. The molecular weight excluding hydrogens is 381 g/mol. The topological polar surface area (TPSA) is 61.0 Å². The molecule has 0 unspecified atom stereocenters. The Kier molecular flexibility index (Phi) is 5.39. The molecule has 3 aromatic carbocycles. The maximum Gasteiger partial charge on any atom is 0.290 e. The van der Waals surface area contributed by atoms with Gasteiger partial charge in [-0.05, 0) is 16.7 Å². The van der Waals surface area contributed by atoms with Gasteiger partial charge >= 0.3 is 0 Å². The summed E-state index contributed by atoms with van der Waals surface area (Å²) in [4.78, 5) is 14.4. The molecule has 0 aliphatic heterocycles. The van der Waals surface area contributed by atoms with Crippen LogP contribution < -0.4 is 0 Å². The normalized spacial score (nSPS) is 11.4. The Morgan fingerprint density at radius 2 is 1.27 bits per heavy atom. The monoisotopic (exact) mass is 401 g/mol. The molecule has 0 atom stereocenters. The average Bonchev–Trinajstić information content (AvgIpc) is 3.16. The molecule has 4 aromatic rings. The Bertz CT molecular complexity index is 1030. The van der Waals surface area contributed by atoms with Crippen LogP contribution in [0, 0.1) is 16.2 Å². The second-order valence-corrected chi connectivity index (χ2v) is 6.99. The number of aromatic nitrogens is 2. The second-order valence-electron chi connectivity index (χ2n) is 6.99. The highest BCUT2D eigenvalue weighted by Gasteiger charge is 2.40. The highest BCUT2D eigenvalue weighted by molar-refractivity contribution is 5.50. The molecule has 0 spiro atoms. The van der Waals surface area contributed by atoms with Crippen LogP contribution in [0.4, 0.5) is 4.39 Å². The highest BCUT2D eigenvalue weighted by atomic mass is 19.1. The number of halogens is 1. The quantitative estimate of drug-likeness (QED) is 0.257. The van der Waals surface area contributed by atoms with E-state index in [1.807, 2.05) is 91.0 Å². The first-order chi connectivity index (χ1) is 14.6. The largest absolute Gasteiger partial charge is 0.290 e. The minimum absolute atomic E-state index is 0.0609. The van der Waals surface area contributed by atoms with Crippen LogP contribution in [-0.4, -0.2) is 21.0 Å². The van der Waals surface area contributed by atoms with E-state index in [0.29, 0.717) is 5.69 Å². The molecule has 0 aliphatic rings. The lowest BCUT2D eigenvalue weighted by atomic mass is 9.76. The molecule has 0 bridgehead atoms. The third-order valence-electron chi connectivity index (χ3n) is 5.20. The fourth-order valence-corrected chi connectivity index (χ4v) is 3.92. The zero-order valence-corrected chi connectivity index (χ0v) is 16.2. The summed E-state index contributed by atoms with van der Waals surface area (Å²) in [7, 11) is 0. The molecule has 5 nitrogen and oxygen atoms in total. The summed E-state index contributed by atoms with van der Waals surface area (Å²) in [6, 6.07) is 29.0. The molecular formula is C24H20FN3O2. The van der Waals surface area contributed by atoms with Crippen molar-refractivity contribution in [3.05, 3.63) is 136 Å². The number of nitro groups is 1. The Balaban J connectivity index is 2.03. The zero-order chi connectivity index (χ0) is 21.0. The van der Waals surface area contributed by atoms with Gasteiger partial charge in [0.2, 0.25) is 6.54 Å². The van der Waals surface area contributed by atoms with Crippen molar-refractivity contribution < 1.29 is 9.31 Å². The van der Waals surface area contributed by atoms with E-state index in [-0.39, 0.29) is 13.0 Å². The van der Waals surface area contributed by atoms with Crippen molar-refractivity contribution in [2.45, 2.75) is 12.0 Å². The van der Waals surface area contributed by atoms with Crippen molar-refractivity contribution in [1.82, 2.24) is 9.55 Å². The van der Waals surface area contributed by atoms with E-state index < -0.39 is 16.5 Å². The first kappa shape index (κ1) is 19.5. The maximum atomic E-state index is 15.4. The summed E-state index contributed by atoms with van der Waals surface area (Å²) in [6.07, 6.45) is 0.960. The first-order valence-corrected chi connectivity index (χ1v) is 9.65. The van der Waals surface area contributed by atoms with Crippen LogP contribution in [0.3, 0.4) is 0 Å². The molecule has 1 heterocycles. The molecule has 0 amide bonds. The van der Waals surface area contributed by atoms with Crippen molar-refractivity contribution in [3.8, 4) is 0 Å². The minimum Gasteiger partial charge on any atom is -0.289 e. The number of imidazole rings is 1. The van der Waals surface area contributed by atoms with Crippen molar-refractivity contribution in [1.29, 1.82) is 0 Å². The maximum absolute atomic E-state index is 15.4. The van der Waals surface area contributed by atoms with Gasteiger partial charge in [-0.2, -0.15) is 4.39 Å². The predicted molar refractivity (Wildman–Crippen MR) is 112 cm³/mol. The average molecular weight is 401 g/mol. The number of benzene rings is 3. The molecule has 0 N–H and O–H groups in total. The van der Waals surface area contributed by atoms with Gasteiger partial charge in [0.25, 0.3) is 6.08 Å². The molecule has 150 valence electrons. The van der Waals surface area contributed by atoms with Gasteiger partial charge in [0.15, 0.2) is 0 Å². The van der Waals surface area contributed by atoms with Crippen molar-refractivity contribution in [3.63, 3.8) is 0 Å². The van der Waals surface area contributed by atoms with Gasteiger partial charge in [-0.25, -0.2) is 4.98 Å². The van der Waals surface area contributed by atoms with E-state index in [1.165, 1.54) is 4.57 Å². The van der Waals surface area contributed by atoms with Crippen LogP contribution in [0.15, 0.2) is 97.2 Å². The van der Waals surface area contributed by atoms with Gasteiger partial charge in [-0.15, -0.1) is 0 Å². The molecule has 6 heteroatoms. The van der Waals surface area contributed by atoms with Gasteiger partial charge in [-0.1, -0.05) is 91.0 Å². The van der Waals surface area contributed by atoms with Crippen LogP contribution in [0.5, 0.6) is 0 Å². The van der Waals surface area contributed by atoms with Crippen molar-refractivity contribution in [2.24, 2.45) is 0 Å². The molecule has 0 fully saturated rings. The molecule has 0 saturated heterocycles. The Hall–Kier alpha value is -3.80. The standard InChI is InChI=1S/C24H20FN3O2/c25-23-26-22(16-17-28(29)30)18-27(23)24(19-10-4-1-5-11-19,20-12-6-2-7-13-20)21-14-8-3-9-15-21/h1-15,18H,16-17H2. The van der Waals surface area contributed by atoms with Crippen molar-refractivity contribution >= 4 is 0 Å². The van der Waals surface area contributed by atoms with Crippen LogP contribution in [0.2, 0.25) is 0 Å². The molecule has 4 rings (SSSR count). The SMILES string of the molecule is O=[N+]([O-])CCc1cn(C(c2ccccc2)(c2ccccc2)c2ccccc2)c(F)n1. The number of nitrogens with zero attached hydrogens (tertiary/aromatic N) is 3. The summed E-state index contributed by atoms with van der Waals surface area (Å²) in [5.41, 5.74) is 1.91. The highest BCUT2D eigenvalue weighted by Crippen LogP contribution is 2.41. The Morgan fingerprint density at radius 3 is 1.67 bits per heavy atom. The fourth-order valence-electron chi connectivity index (χ4n) is 3.92. The Labute approximate surface area is 173 Å². The van der Waals surface area contributed by atoms with E-state index in [9.17, 15) is 10.1 Å². The fraction of sp³-hybridized carbons (Fsp3) is 0.125. The summed E-state index contributed by atoms with van der Waals surface area (Å²) in [6.45, 7) is -0.300. The third-order valence-corrected chi connectivity index (χ3v) is 5.20. The molecule has 0 radical (unpaired) electrons. The van der Waals surface area contributed by atoms with E-state index >= 15 is 4.39 Å². The Morgan fingerprint density at radius 1 is 0.833 bits per heavy atom. The van der Waals surface area contributed by atoms with Gasteiger partial charge < -0.3 is 0 Å². The zero-order valence-electron chi connectivity index (χ0n) is 16.2. The van der Waals surface area contributed by atoms with E-state index in [2.05, 4.69) is 4.98 Å². The molecule has 0 saturated carbocycles. The number of rotatable bonds is 7. The smallest absolute Gasteiger partial charge is 0.289 e. The third kappa shape index (κ3) is 3.48. The molecule has 0 aliphatic carbocycles. The van der Waals surface area contributed by atoms with Crippen LogP contribution >= 0.6 is 0 Å². The summed E-state index contributed by atoms with van der Waals surface area (Å²) in [5, 5.41) is 10.8. The lowest BCUT2D eigenvalue weighted by molar-refractivity contribution is -0.479.